The molecule has 0 amide bonds. The van der Waals surface area contributed by atoms with Crippen molar-refractivity contribution in [1.82, 2.24) is 9.97 Å². The van der Waals surface area contributed by atoms with Gasteiger partial charge in [0.1, 0.15) is 16.5 Å². The molecule has 0 aliphatic heterocycles. The molecular weight excluding hydrogens is 263 g/mol. The maximum atomic E-state index is 12.9. The molecule has 0 atom stereocenters. The number of nitrogens with one attached hydrogen (secondary N) is 2. The van der Waals surface area contributed by atoms with Gasteiger partial charge in [0.2, 0.25) is 5.95 Å². The first kappa shape index (κ1) is 11.9. The highest BCUT2D eigenvalue weighted by Gasteiger charge is 2.08. The van der Waals surface area contributed by atoms with E-state index in [0.717, 1.165) is 15.9 Å². The summed E-state index contributed by atoms with van der Waals surface area (Å²) >= 11 is 1.55. The van der Waals surface area contributed by atoms with Crippen LogP contribution in [0.3, 0.4) is 0 Å². The Kier molecular flexibility index (Phi) is 3.00. The predicted octanol–water partition coefficient (Wildman–Crippen LogP) is 3.62. The Morgan fingerprint density at radius 3 is 2.63 bits per heavy atom. The molecule has 2 N–H and O–H groups in total. The van der Waals surface area contributed by atoms with Crippen LogP contribution >= 0.6 is 11.3 Å². The van der Waals surface area contributed by atoms with Gasteiger partial charge in [0.25, 0.3) is 0 Å². The summed E-state index contributed by atoms with van der Waals surface area (Å²) in [6, 6.07) is 8.13. The van der Waals surface area contributed by atoms with E-state index in [1.165, 1.54) is 12.1 Å². The fourth-order valence-corrected chi connectivity index (χ4v) is 2.50. The first-order valence-corrected chi connectivity index (χ1v) is 6.60. The average Bonchev–Trinajstić information content (AvgIpc) is 2.89. The molecule has 0 fully saturated rings. The number of thiophene rings is 1. The van der Waals surface area contributed by atoms with Crippen molar-refractivity contribution in [3.63, 3.8) is 0 Å². The number of halogens is 1. The summed E-state index contributed by atoms with van der Waals surface area (Å²) in [7, 11) is 1.77. The van der Waals surface area contributed by atoms with E-state index in [-0.39, 0.29) is 5.82 Å². The first-order valence-electron chi connectivity index (χ1n) is 5.72. The summed E-state index contributed by atoms with van der Waals surface area (Å²) < 4.78 is 12.9. The molecule has 6 heteroatoms. The lowest BCUT2D eigenvalue weighted by atomic mass is 10.3. The van der Waals surface area contributed by atoms with Gasteiger partial charge in [0.15, 0.2) is 0 Å². The van der Waals surface area contributed by atoms with Gasteiger partial charge in [-0.25, -0.2) is 9.37 Å². The van der Waals surface area contributed by atoms with Gasteiger partial charge in [-0.2, -0.15) is 4.98 Å². The molecule has 0 saturated carbocycles. The van der Waals surface area contributed by atoms with Gasteiger partial charge in [-0.3, -0.25) is 0 Å². The molecule has 3 aromatic rings. The Hall–Kier alpha value is -2.21. The van der Waals surface area contributed by atoms with E-state index < -0.39 is 0 Å². The molecule has 0 radical (unpaired) electrons. The molecule has 96 valence electrons. The zero-order chi connectivity index (χ0) is 13.2. The van der Waals surface area contributed by atoms with E-state index >= 15 is 0 Å². The normalized spacial score (nSPS) is 10.6. The van der Waals surface area contributed by atoms with E-state index in [9.17, 15) is 4.39 Å². The second kappa shape index (κ2) is 4.81. The summed E-state index contributed by atoms with van der Waals surface area (Å²) in [4.78, 5) is 9.66. The van der Waals surface area contributed by atoms with Crippen LogP contribution in [-0.2, 0) is 0 Å². The van der Waals surface area contributed by atoms with Crippen LogP contribution in [0.1, 0.15) is 0 Å². The van der Waals surface area contributed by atoms with Gasteiger partial charge in [-0.1, -0.05) is 0 Å². The third kappa shape index (κ3) is 2.34. The van der Waals surface area contributed by atoms with Crippen molar-refractivity contribution in [3.8, 4) is 0 Å². The van der Waals surface area contributed by atoms with Gasteiger partial charge < -0.3 is 10.6 Å². The van der Waals surface area contributed by atoms with Crippen molar-refractivity contribution in [1.29, 1.82) is 0 Å². The summed E-state index contributed by atoms with van der Waals surface area (Å²) in [5.41, 5.74) is 0.787. The van der Waals surface area contributed by atoms with E-state index in [4.69, 9.17) is 0 Å². The number of aromatic nitrogens is 2. The largest absolute Gasteiger partial charge is 0.357 e. The number of nitrogens with zero attached hydrogens (tertiary/aromatic N) is 2. The lowest BCUT2D eigenvalue weighted by Gasteiger charge is -2.08. The summed E-state index contributed by atoms with van der Waals surface area (Å²) in [6.45, 7) is 0. The molecule has 0 aliphatic carbocycles. The lowest BCUT2D eigenvalue weighted by Crippen LogP contribution is -2.00. The maximum Gasteiger partial charge on any atom is 0.225 e. The number of anilines is 3. The minimum absolute atomic E-state index is 0.259. The van der Waals surface area contributed by atoms with Crippen molar-refractivity contribution in [3.05, 3.63) is 41.5 Å². The fourth-order valence-electron chi connectivity index (χ4n) is 1.73. The van der Waals surface area contributed by atoms with Crippen molar-refractivity contribution in [2.75, 3.05) is 17.7 Å². The minimum atomic E-state index is -0.259. The first-order chi connectivity index (χ1) is 9.26. The molecule has 3 rings (SSSR count). The van der Waals surface area contributed by atoms with Crippen molar-refractivity contribution in [2.24, 2.45) is 0 Å². The standard InChI is InChI=1S/C13H11FN4S/c1-15-13-17-11(10-6-7-19-12(10)18-13)16-9-4-2-8(14)3-5-9/h2-7H,1H3,(H2,15,16,17,18). The molecule has 0 spiro atoms. The Balaban J connectivity index is 2.03. The maximum absolute atomic E-state index is 12.9. The Labute approximate surface area is 113 Å². The van der Waals surface area contributed by atoms with E-state index in [0.29, 0.717) is 11.8 Å². The van der Waals surface area contributed by atoms with Crippen LogP contribution in [0.4, 0.5) is 21.8 Å². The van der Waals surface area contributed by atoms with Gasteiger partial charge >= 0.3 is 0 Å². The van der Waals surface area contributed by atoms with Crippen molar-refractivity contribution in [2.45, 2.75) is 0 Å². The van der Waals surface area contributed by atoms with E-state index in [1.54, 1.807) is 30.5 Å². The smallest absolute Gasteiger partial charge is 0.225 e. The molecule has 1 aromatic carbocycles. The van der Waals surface area contributed by atoms with Gasteiger partial charge in [0, 0.05) is 12.7 Å². The van der Waals surface area contributed by atoms with Crippen LogP contribution in [0.15, 0.2) is 35.7 Å². The highest BCUT2D eigenvalue weighted by molar-refractivity contribution is 7.16. The van der Waals surface area contributed by atoms with Crippen molar-refractivity contribution >= 4 is 39.0 Å². The monoisotopic (exact) mass is 274 g/mol. The molecule has 0 aliphatic rings. The van der Waals surface area contributed by atoms with Gasteiger partial charge in [-0.15, -0.1) is 11.3 Å². The Morgan fingerprint density at radius 2 is 1.89 bits per heavy atom. The van der Waals surface area contributed by atoms with Gasteiger partial charge in [0.05, 0.1) is 5.39 Å². The predicted molar refractivity (Wildman–Crippen MR) is 76.6 cm³/mol. The molecule has 19 heavy (non-hydrogen) atoms. The Bertz CT molecular complexity index is 708. The van der Waals surface area contributed by atoms with E-state index in [1.807, 2.05) is 11.4 Å². The summed E-state index contributed by atoms with van der Waals surface area (Å²) in [6.07, 6.45) is 0. The quantitative estimate of drug-likeness (QED) is 0.766. The number of benzene rings is 1. The number of hydrogen-bond donors (Lipinski definition) is 2. The zero-order valence-electron chi connectivity index (χ0n) is 10.1. The SMILES string of the molecule is CNc1nc(Nc2ccc(F)cc2)c2ccsc2n1. The third-order valence-electron chi connectivity index (χ3n) is 2.66. The second-order valence-electron chi connectivity index (χ2n) is 3.92. The Morgan fingerprint density at radius 1 is 1.11 bits per heavy atom. The van der Waals surface area contributed by atoms with E-state index in [2.05, 4.69) is 20.6 Å². The number of hydrogen-bond acceptors (Lipinski definition) is 5. The highest BCUT2D eigenvalue weighted by atomic mass is 32.1. The summed E-state index contributed by atoms with van der Waals surface area (Å²) in [5.74, 6) is 1.01. The van der Waals surface area contributed by atoms with Crippen LogP contribution < -0.4 is 10.6 Å². The molecule has 2 heterocycles. The number of fused-ring (bicyclic) bond motifs is 1. The average molecular weight is 274 g/mol. The highest BCUT2D eigenvalue weighted by Crippen LogP contribution is 2.28. The third-order valence-corrected chi connectivity index (χ3v) is 3.46. The minimum Gasteiger partial charge on any atom is -0.357 e. The lowest BCUT2D eigenvalue weighted by molar-refractivity contribution is 0.628. The molecule has 0 unspecified atom stereocenters. The van der Waals surface area contributed by atoms with Crippen LogP contribution in [0.2, 0.25) is 0 Å². The van der Waals surface area contributed by atoms with Crippen LogP contribution in [0.5, 0.6) is 0 Å². The molecular formula is C13H11FN4S. The molecule has 0 saturated heterocycles. The van der Waals surface area contributed by atoms with Crippen LogP contribution in [0, 0.1) is 5.82 Å². The fraction of sp³-hybridized carbons (Fsp3) is 0.0769. The summed E-state index contributed by atoms with van der Waals surface area (Å²) in [5, 5.41) is 9.03. The van der Waals surface area contributed by atoms with Crippen molar-refractivity contribution < 1.29 is 4.39 Å². The molecule has 2 aromatic heterocycles. The second-order valence-corrected chi connectivity index (χ2v) is 4.81. The van der Waals surface area contributed by atoms with Crippen LogP contribution in [0.25, 0.3) is 10.2 Å². The molecule has 4 nitrogen and oxygen atoms in total. The molecule has 0 bridgehead atoms. The zero-order valence-corrected chi connectivity index (χ0v) is 11.0. The van der Waals surface area contributed by atoms with Gasteiger partial charge in [-0.05, 0) is 35.7 Å². The topological polar surface area (TPSA) is 49.8 Å². The van der Waals surface area contributed by atoms with Crippen LogP contribution in [-0.4, -0.2) is 17.0 Å². The number of rotatable bonds is 3.